The highest BCUT2D eigenvalue weighted by atomic mass is 16.3. The summed E-state index contributed by atoms with van der Waals surface area (Å²) in [5.74, 6) is 0. The van der Waals surface area contributed by atoms with E-state index in [2.05, 4.69) is 193 Å². The SMILES string of the molecule is c1ccc(N(c2ccc(-c3ccc4c(ccc5ccccc54)c3)cc2)c2ccccc2-c2ccc3oc4c5ccccc5ccc4c3c2)cc1. The van der Waals surface area contributed by atoms with E-state index in [1.54, 1.807) is 0 Å². The van der Waals surface area contributed by atoms with Gasteiger partial charge in [0.25, 0.3) is 0 Å². The van der Waals surface area contributed by atoms with Crippen LogP contribution >= 0.6 is 0 Å². The molecule has 0 fully saturated rings. The summed E-state index contributed by atoms with van der Waals surface area (Å²) in [5, 5.41) is 9.67. The normalized spacial score (nSPS) is 11.6. The van der Waals surface area contributed by atoms with E-state index in [9.17, 15) is 0 Å². The molecule has 2 heteroatoms. The fraction of sp³-hybridized carbons (Fsp3) is 0. The highest BCUT2D eigenvalue weighted by Gasteiger charge is 2.18. The van der Waals surface area contributed by atoms with Gasteiger partial charge in [0.05, 0.1) is 5.69 Å². The Kier molecular flexibility index (Phi) is 6.53. The number of hydrogen-bond acceptors (Lipinski definition) is 2. The van der Waals surface area contributed by atoms with E-state index in [0.29, 0.717) is 0 Å². The van der Waals surface area contributed by atoms with Crippen molar-refractivity contribution in [2.45, 2.75) is 0 Å². The number of anilines is 3. The minimum absolute atomic E-state index is 0.898. The number of furan rings is 1. The van der Waals surface area contributed by atoms with Crippen LogP contribution < -0.4 is 4.90 Å². The molecule has 9 aromatic carbocycles. The largest absolute Gasteiger partial charge is 0.455 e. The summed E-state index contributed by atoms with van der Waals surface area (Å²) in [5.41, 5.74) is 9.84. The van der Waals surface area contributed by atoms with Crippen LogP contribution in [0.1, 0.15) is 0 Å². The van der Waals surface area contributed by atoms with Crippen molar-refractivity contribution in [2.75, 3.05) is 4.90 Å². The first-order valence-corrected chi connectivity index (χ1v) is 17.1. The lowest BCUT2D eigenvalue weighted by Crippen LogP contribution is -2.11. The van der Waals surface area contributed by atoms with Crippen molar-refractivity contribution in [3.63, 3.8) is 0 Å². The zero-order valence-corrected chi connectivity index (χ0v) is 27.3. The molecule has 2 nitrogen and oxygen atoms in total. The van der Waals surface area contributed by atoms with Gasteiger partial charge >= 0.3 is 0 Å². The van der Waals surface area contributed by atoms with E-state index in [0.717, 1.165) is 55.5 Å². The first kappa shape index (κ1) is 28.4. The van der Waals surface area contributed by atoms with Gasteiger partial charge in [-0.25, -0.2) is 0 Å². The molecule has 0 saturated heterocycles. The Morgan fingerprint density at radius 2 is 0.940 bits per heavy atom. The van der Waals surface area contributed by atoms with Gasteiger partial charge in [-0.05, 0) is 98.2 Å². The Labute approximate surface area is 290 Å². The van der Waals surface area contributed by atoms with Gasteiger partial charge in [-0.15, -0.1) is 0 Å². The average molecular weight is 638 g/mol. The molecule has 0 spiro atoms. The third kappa shape index (κ3) is 4.65. The second-order valence-corrected chi connectivity index (χ2v) is 12.9. The molecule has 10 rings (SSSR count). The van der Waals surface area contributed by atoms with E-state index < -0.39 is 0 Å². The van der Waals surface area contributed by atoms with E-state index in [1.807, 2.05) is 0 Å². The minimum Gasteiger partial charge on any atom is -0.455 e. The van der Waals surface area contributed by atoms with E-state index in [-0.39, 0.29) is 0 Å². The number of hydrogen-bond donors (Lipinski definition) is 0. The molecular formula is C48H31NO. The molecule has 0 bridgehead atoms. The van der Waals surface area contributed by atoms with Crippen molar-refractivity contribution in [2.24, 2.45) is 0 Å². The maximum atomic E-state index is 6.45. The van der Waals surface area contributed by atoms with Crippen molar-refractivity contribution in [1.29, 1.82) is 0 Å². The van der Waals surface area contributed by atoms with Crippen molar-refractivity contribution >= 4 is 71.3 Å². The maximum absolute atomic E-state index is 6.45. The number of para-hydroxylation sites is 2. The Hall–Kier alpha value is -6.64. The summed E-state index contributed by atoms with van der Waals surface area (Å²) in [6.07, 6.45) is 0. The highest BCUT2D eigenvalue weighted by Crippen LogP contribution is 2.43. The van der Waals surface area contributed by atoms with Crippen LogP contribution in [0.5, 0.6) is 0 Å². The first-order chi connectivity index (χ1) is 24.8. The quantitative estimate of drug-likeness (QED) is 0.175. The van der Waals surface area contributed by atoms with Gasteiger partial charge in [0.2, 0.25) is 0 Å². The van der Waals surface area contributed by atoms with Crippen LogP contribution in [0.25, 0.3) is 76.5 Å². The molecule has 10 aromatic rings. The zero-order valence-electron chi connectivity index (χ0n) is 27.3. The molecule has 0 radical (unpaired) electrons. The third-order valence-electron chi connectivity index (χ3n) is 10.0. The van der Waals surface area contributed by atoms with Crippen molar-refractivity contribution in [1.82, 2.24) is 0 Å². The standard InChI is InChI=1S/C48H31NO/c1-2-12-38(13-3-1)49(39-25-20-32(21-26-39)35-23-27-41-36(30-35)19-18-33-10-4-6-14-40(33)41)46-17-9-8-15-42(46)37-24-29-47-45(31-37)44-28-22-34-11-5-7-16-43(34)48(44)50-47/h1-31H. The predicted molar refractivity (Wildman–Crippen MR) is 212 cm³/mol. The van der Waals surface area contributed by atoms with Crippen molar-refractivity contribution < 1.29 is 4.42 Å². The van der Waals surface area contributed by atoms with Crippen LogP contribution in [0, 0.1) is 0 Å². The van der Waals surface area contributed by atoms with Gasteiger partial charge in [0, 0.05) is 33.1 Å². The molecule has 1 aromatic heterocycles. The van der Waals surface area contributed by atoms with Gasteiger partial charge < -0.3 is 9.32 Å². The lowest BCUT2D eigenvalue weighted by atomic mass is 9.97. The summed E-state index contributed by atoms with van der Waals surface area (Å²) in [6.45, 7) is 0. The first-order valence-electron chi connectivity index (χ1n) is 17.1. The second kappa shape index (κ2) is 11.5. The Morgan fingerprint density at radius 1 is 0.340 bits per heavy atom. The summed E-state index contributed by atoms with van der Waals surface area (Å²) < 4.78 is 6.45. The van der Waals surface area contributed by atoms with Gasteiger partial charge in [0.15, 0.2) is 0 Å². The average Bonchev–Trinajstić information content (AvgIpc) is 3.57. The molecule has 1 heterocycles. The number of nitrogens with zero attached hydrogens (tertiary/aromatic N) is 1. The monoisotopic (exact) mass is 637 g/mol. The molecule has 0 atom stereocenters. The molecule has 50 heavy (non-hydrogen) atoms. The number of fused-ring (bicyclic) bond motifs is 8. The zero-order chi connectivity index (χ0) is 33.0. The van der Waals surface area contributed by atoms with Crippen LogP contribution in [0.4, 0.5) is 17.1 Å². The highest BCUT2D eigenvalue weighted by molar-refractivity contribution is 6.16. The molecular weight excluding hydrogens is 607 g/mol. The fourth-order valence-electron chi connectivity index (χ4n) is 7.58. The lowest BCUT2D eigenvalue weighted by Gasteiger charge is -2.28. The number of rotatable bonds is 5. The van der Waals surface area contributed by atoms with E-state index in [4.69, 9.17) is 4.42 Å². The topological polar surface area (TPSA) is 16.4 Å². The molecule has 0 unspecified atom stereocenters. The third-order valence-corrected chi connectivity index (χ3v) is 10.0. The van der Waals surface area contributed by atoms with Crippen LogP contribution in [-0.2, 0) is 0 Å². The molecule has 0 N–H and O–H groups in total. The Morgan fingerprint density at radius 3 is 1.80 bits per heavy atom. The van der Waals surface area contributed by atoms with Gasteiger partial charge in [-0.2, -0.15) is 0 Å². The summed E-state index contributed by atoms with van der Waals surface area (Å²) in [7, 11) is 0. The van der Waals surface area contributed by atoms with Crippen LogP contribution in [0.15, 0.2) is 192 Å². The van der Waals surface area contributed by atoms with Crippen LogP contribution in [0.2, 0.25) is 0 Å². The summed E-state index contributed by atoms with van der Waals surface area (Å²) >= 11 is 0. The molecule has 234 valence electrons. The Bertz CT molecular complexity index is 2870. The molecule has 0 amide bonds. The lowest BCUT2D eigenvalue weighted by molar-refractivity contribution is 0.672. The second-order valence-electron chi connectivity index (χ2n) is 12.9. The number of benzene rings is 9. The van der Waals surface area contributed by atoms with Crippen LogP contribution in [0.3, 0.4) is 0 Å². The van der Waals surface area contributed by atoms with Gasteiger partial charge in [0.1, 0.15) is 11.2 Å². The van der Waals surface area contributed by atoms with Crippen LogP contribution in [-0.4, -0.2) is 0 Å². The smallest absolute Gasteiger partial charge is 0.143 e. The summed E-state index contributed by atoms with van der Waals surface area (Å²) in [6, 6.07) is 67.5. The van der Waals surface area contributed by atoms with Gasteiger partial charge in [-0.1, -0.05) is 133 Å². The van der Waals surface area contributed by atoms with Gasteiger partial charge in [-0.3, -0.25) is 0 Å². The van der Waals surface area contributed by atoms with E-state index in [1.165, 1.54) is 38.1 Å². The maximum Gasteiger partial charge on any atom is 0.143 e. The van der Waals surface area contributed by atoms with Crippen molar-refractivity contribution in [3.05, 3.63) is 188 Å². The summed E-state index contributed by atoms with van der Waals surface area (Å²) in [4.78, 5) is 2.36. The predicted octanol–water partition coefficient (Wildman–Crippen LogP) is 13.8. The molecule has 0 aliphatic carbocycles. The fourth-order valence-corrected chi connectivity index (χ4v) is 7.58. The molecule has 0 saturated carbocycles. The Balaban J connectivity index is 1.07. The minimum atomic E-state index is 0.898. The van der Waals surface area contributed by atoms with E-state index >= 15 is 0 Å². The molecule has 0 aliphatic heterocycles. The molecule has 0 aliphatic rings. The van der Waals surface area contributed by atoms with Crippen molar-refractivity contribution in [3.8, 4) is 22.3 Å².